The molecule has 0 saturated heterocycles. The van der Waals surface area contributed by atoms with Crippen molar-refractivity contribution >= 4 is 5.91 Å². The molecular weight excluding hydrogens is 209 g/mol. The molecule has 6 heteroatoms. The van der Waals surface area contributed by atoms with E-state index in [-0.39, 0.29) is 24.9 Å². The van der Waals surface area contributed by atoms with Crippen LogP contribution in [0.25, 0.3) is 0 Å². The second kappa shape index (κ2) is 5.95. The molecule has 3 nitrogen and oxygen atoms in total. The Morgan fingerprint density at radius 3 is 2.33 bits per heavy atom. The highest BCUT2D eigenvalue weighted by Gasteiger charge is 2.26. The molecule has 0 rings (SSSR count). The van der Waals surface area contributed by atoms with Crippen LogP contribution in [0, 0.1) is 0 Å². The summed E-state index contributed by atoms with van der Waals surface area (Å²) in [7, 11) is 3.23. The van der Waals surface area contributed by atoms with Gasteiger partial charge in [0.15, 0.2) is 0 Å². The van der Waals surface area contributed by atoms with Gasteiger partial charge in [0.05, 0.1) is 6.42 Å². The van der Waals surface area contributed by atoms with E-state index >= 15 is 0 Å². The molecule has 90 valence electrons. The molecule has 0 saturated carbocycles. The maximum absolute atomic E-state index is 11.8. The van der Waals surface area contributed by atoms with Crippen molar-refractivity contribution < 1.29 is 18.0 Å². The standard InChI is InChI=1S/C9H17F3N2O/c1-7(6-8(15)14(2)3)13-5-4-9(10,11)12/h7,13H,4-6H2,1-3H3. The average Bonchev–Trinajstić information content (AvgIpc) is 2.01. The zero-order valence-electron chi connectivity index (χ0n) is 9.19. The first-order valence-electron chi connectivity index (χ1n) is 4.72. The molecule has 0 aromatic carbocycles. The van der Waals surface area contributed by atoms with E-state index in [9.17, 15) is 18.0 Å². The molecule has 0 aliphatic heterocycles. The van der Waals surface area contributed by atoms with Crippen molar-refractivity contribution in [2.45, 2.75) is 32.0 Å². The number of rotatable bonds is 5. The third kappa shape index (κ3) is 8.23. The Morgan fingerprint density at radius 1 is 1.40 bits per heavy atom. The number of amides is 1. The molecule has 0 aromatic heterocycles. The average molecular weight is 226 g/mol. The van der Waals surface area contributed by atoms with Crippen molar-refractivity contribution in [2.24, 2.45) is 0 Å². The van der Waals surface area contributed by atoms with Crippen LogP contribution in [0.15, 0.2) is 0 Å². The summed E-state index contributed by atoms with van der Waals surface area (Å²) in [5.74, 6) is -0.0954. The molecule has 15 heavy (non-hydrogen) atoms. The van der Waals surface area contributed by atoms with Crippen LogP contribution in [0.1, 0.15) is 19.8 Å². The molecule has 0 aliphatic carbocycles. The van der Waals surface area contributed by atoms with Gasteiger partial charge in [0, 0.05) is 33.1 Å². The maximum Gasteiger partial charge on any atom is 0.390 e. The molecule has 0 aromatic rings. The number of nitrogens with one attached hydrogen (secondary N) is 1. The lowest BCUT2D eigenvalue weighted by molar-refractivity contribution is -0.133. The van der Waals surface area contributed by atoms with Crippen molar-refractivity contribution in [3.8, 4) is 0 Å². The highest BCUT2D eigenvalue weighted by molar-refractivity contribution is 5.76. The number of hydrogen-bond acceptors (Lipinski definition) is 2. The Kier molecular flexibility index (Phi) is 5.64. The molecule has 1 unspecified atom stereocenters. The second-order valence-electron chi connectivity index (χ2n) is 3.71. The van der Waals surface area contributed by atoms with Crippen LogP contribution in [0.3, 0.4) is 0 Å². The Balaban J connectivity index is 3.67. The smallest absolute Gasteiger partial charge is 0.349 e. The van der Waals surface area contributed by atoms with E-state index in [0.717, 1.165) is 0 Å². The van der Waals surface area contributed by atoms with Crippen molar-refractivity contribution in [3.63, 3.8) is 0 Å². The van der Waals surface area contributed by atoms with E-state index < -0.39 is 12.6 Å². The zero-order valence-corrected chi connectivity index (χ0v) is 9.19. The maximum atomic E-state index is 11.8. The van der Waals surface area contributed by atoms with E-state index in [2.05, 4.69) is 5.32 Å². The minimum Gasteiger partial charge on any atom is -0.349 e. The van der Waals surface area contributed by atoms with Gasteiger partial charge >= 0.3 is 6.18 Å². The number of carbonyl (C=O) groups is 1. The highest BCUT2D eigenvalue weighted by Crippen LogP contribution is 2.18. The van der Waals surface area contributed by atoms with E-state index in [1.807, 2.05) is 0 Å². The van der Waals surface area contributed by atoms with Crippen LogP contribution in [0.5, 0.6) is 0 Å². The van der Waals surface area contributed by atoms with Crippen LogP contribution in [0.4, 0.5) is 13.2 Å². The van der Waals surface area contributed by atoms with Gasteiger partial charge in [-0.1, -0.05) is 0 Å². The molecular formula is C9H17F3N2O. The molecule has 1 amide bonds. The minimum atomic E-state index is -4.14. The lowest BCUT2D eigenvalue weighted by Crippen LogP contribution is -2.35. The summed E-state index contributed by atoms with van der Waals surface area (Å²) in [6.07, 6.45) is -4.80. The first-order chi connectivity index (χ1) is 6.72. The largest absolute Gasteiger partial charge is 0.390 e. The van der Waals surface area contributed by atoms with Gasteiger partial charge in [-0.25, -0.2) is 0 Å². The predicted octanol–water partition coefficient (Wildman–Crippen LogP) is 1.40. The fourth-order valence-corrected chi connectivity index (χ4v) is 0.977. The van der Waals surface area contributed by atoms with Crippen molar-refractivity contribution in [3.05, 3.63) is 0 Å². The molecule has 0 aliphatic rings. The fraction of sp³-hybridized carbons (Fsp3) is 0.889. The summed E-state index contributed by atoms with van der Waals surface area (Å²) in [5, 5.41) is 2.66. The van der Waals surface area contributed by atoms with Crippen molar-refractivity contribution in [1.29, 1.82) is 0 Å². The molecule has 1 N–H and O–H groups in total. The SMILES string of the molecule is CC(CC(=O)N(C)C)NCCC(F)(F)F. The van der Waals surface area contributed by atoms with E-state index in [0.29, 0.717) is 0 Å². The molecule has 0 heterocycles. The highest BCUT2D eigenvalue weighted by atomic mass is 19.4. The van der Waals surface area contributed by atoms with Gasteiger partial charge in [0.25, 0.3) is 0 Å². The lowest BCUT2D eigenvalue weighted by atomic mass is 10.2. The van der Waals surface area contributed by atoms with Gasteiger partial charge in [-0.15, -0.1) is 0 Å². The van der Waals surface area contributed by atoms with Crippen LogP contribution in [0.2, 0.25) is 0 Å². The third-order valence-corrected chi connectivity index (χ3v) is 1.88. The molecule has 0 spiro atoms. The van der Waals surface area contributed by atoms with Crippen molar-refractivity contribution in [2.75, 3.05) is 20.6 Å². The monoisotopic (exact) mass is 226 g/mol. The topological polar surface area (TPSA) is 32.3 Å². The van der Waals surface area contributed by atoms with Gasteiger partial charge in [0.2, 0.25) is 5.91 Å². The molecule has 0 fully saturated rings. The molecule has 0 radical (unpaired) electrons. The van der Waals surface area contributed by atoms with Crippen molar-refractivity contribution in [1.82, 2.24) is 10.2 Å². The van der Waals surface area contributed by atoms with Gasteiger partial charge in [-0.2, -0.15) is 13.2 Å². The van der Waals surface area contributed by atoms with Crippen LogP contribution in [-0.2, 0) is 4.79 Å². The van der Waals surface area contributed by atoms with Gasteiger partial charge in [0.1, 0.15) is 0 Å². The quantitative estimate of drug-likeness (QED) is 0.768. The number of nitrogens with zero attached hydrogens (tertiary/aromatic N) is 1. The number of alkyl halides is 3. The lowest BCUT2D eigenvalue weighted by Gasteiger charge is -2.16. The summed E-state index contributed by atoms with van der Waals surface area (Å²) < 4.78 is 35.3. The zero-order chi connectivity index (χ0) is 12.1. The minimum absolute atomic E-state index is 0.0954. The molecule has 1 atom stereocenters. The van der Waals surface area contributed by atoms with Crippen LogP contribution in [-0.4, -0.2) is 43.7 Å². The van der Waals surface area contributed by atoms with Gasteiger partial charge in [-0.05, 0) is 6.92 Å². The number of carbonyl (C=O) groups excluding carboxylic acids is 1. The van der Waals surface area contributed by atoms with Gasteiger partial charge < -0.3 is 10.2 Å². The summed E-state index contributed by atoms with van der Waals surface area (Å²) in [5.41, 5.74) is 0. The Morgan fingerprint density at radius 2 is 1.93 bits per heavy atom. The number of hydrogen-bond donors (Lipinski definition) is 1. The Labute approximate surface area is 87.6 Å². The molecule has 0 bridgehead atoms. The summed E-state index contributed by atoms with van der Waals surface area (Å²) in [4.78, 5) is 12.6. The summed E-state index contributed by atoms with van der Waals surface area (Å²) in [6.45, 7) is 1.54. The Bertz CT molecular complexity index is 204. The second-order valence-corrected chi connectivity index (χ2v) is 3.71. The third-order valence-electron chi connectivity index (χ3n) is 1.88. The predicted molar refractivity (Wildman–Crippen MR) is 51.4 cm³/mol. The number of halogens is 3. The first kappa shape index (κ1) is 14.2. The van der Waals surface area contributed by atoms with Crippen LogP contribution >= 0.6 is 0 Å². The Hall–Kier alpha value is -0.780. The summed E-state index contributed by atoms with van der Waals surface area (Å²) >= 11 is 0. The van der Waals surface area contributed by atoms with Gasteiger partial charge in [-0.3, -0.25) is 4.79 Å². The van der Waals surface area contributed by atoms with E-state index in [1.165, 1.54) is 4.90 Å². The van der Waals surface area contributed by atoms with E-state index in [4.69, 9.17) is 0 Å². The van der Waals surface area contributed by atoms with Crippen LogP contribution < -0.4 is 5.32 Å². The van der Waals surface area contributed by atoms with E-state index in [1.54, 1.807) is 21.0 Å². The normalized spacial score (nSPS) is 13.7. The fourth-order valence-electron chi connectivity index (χ4n) is 0.977. The first-order valence-corrected chi connectivity index (χ1v) is 4.72. The summed E-state index contributed by atoms with van der Waals surface area (Å²) in [6, 6.07) is -0.234.